The summed E-state index contributed by atoms with van der Waals surface area (Å²) in [6.45, 7) is 5.23. The van der Waals surface area contributed by atoms with Crippen LogP contribution in [0.2, 0.25) is 0 Å². The molecule has 1 N–H and O–H groups in total. The molecule has 1 aromatic carbocycles. The molecule has 0 saturated carbocycles. The first-order chi connectivity index (χ1) is 9.53. The topological polar surface area (TPSA) is 24.5 Å². The average Bonchev–Trinajstić information content (AvgIpc) is 2.40. The lowest BCUT2D eigenvalue weighted by Crippen LogP contribution is -2.43. The number of hydrogen-bond donors (Lipinski definition) is 1. The summed E-state index contributed by atoms with van der Waals surface area (Å²) >= 11 is 0. The van der Waals surface area contributed by atoms with E-state index in [-0.39, 0.29) is 5.75 Å². The first-order valence-corrected chi connectivity index (χ1v) is 6.81. The van der Waals surface area contributed by atoms with Crippen LogP contribution in [0.3, 0.4) is 0 Å². The van der Waals surface area contributed by atoms with E-state index in [1.54, 1.807) is 12.1 Å². The molecule has 0 radical (unpaired) electrons. The van der Waals surface area contributed by atoms with E-state index in [1.807, 2.05) is 0 Å². The lowest BCUT2D eigenvalue weighted by atomic mass is 10.1. The van der Waals surface area contributed by atoms with Crippen LogP contribution in [0, 0.1) is 0 Å². The number of halogens is 3. The highest BCUT2D eigenvalue weighted by molar-refractivity contribution is 5.27. The van der Waals surface area contributed by atoms with Gasteiger partial charge in [0, 0.05) is 26.2 Å². The van der Waals surface area contributed by atoms with Crippen molar-refractivity contribution < 1.29 is 17.9 Å². The van der Waals surface area contributed by atoms with Crippen LogP contribution < -0.4 is 10.1 Å². The summed E-state index contributed by atoms with van der Waals surface area (Å²) in [6, 6.07) is 6.12. The third kappa shape index (κ3) is 5.38. The van der Waals surface area contributed by atoms with Crippen LogP contribution in [0.25, 0.3) is 0 Å². The Morgan fingerprint density at radius 2 is 1.75 bits per heavy atom. The monoisotopic (exact) mass is 288 g/mol. The largest absolute Gasteiger partial charge is 0.573 e. The maximum Gasteiger partial charge on any atom is 0.573 e. The van der Waals surface area contributed by atoms with Gasteiger partial charge in [0.1, 0.15) is 5.75 Å². The van der Waals surface area contributed by atoms with E-state index in [9.17, 15) is 13.2 Å². The first-order valence-electron chi connectivity index (χ1n) is 6.81. The minimum Gasteiger partial charge on any atom is -0.406 e. The molecule has 1 heterocycles. The highest BCUT2D eigenvalue weighted by Crippen LogP contribution is 2.23. The zero-order valence-corrected chi connectivity index (χ0v) is 11.2. The lowest BCUT2D eigenvalue weighted by Gasteiger charge is -2.27. The maximum atomic E-state index is 12.0. The number of aryl methyl sites for hydroxylation is 1. The Morgan fingerprint density at radius 1 is 1.10 bits per heavy atom. The predicted octanol–water partition coefficient (Wildman–Crippen LogP) is 2.42. The van der Waals surface area contributed by atoms with Gasteiger partial charge in [0.25, 0.3) is 0 Å². The Hall–Kier alpha value is -1.27. The summed E-state index contributed by atoms with van der Waals surface area (Å²) in [5, 5.41) is 3.30. The van der Waals surface area contributed by atoms with E-state index in [0.717, 1.165) is 51.1 Å². The Labute approximate surface area is 116 Å². The molecule has 1 saturated heterocycles. The molecule has 0 amide bonds. The van der Waals surface area contributed by atoms with Gasteiger partial charge in [0.15, 0.2) is 0 Å². The van der Waals surface area contributed by atoms with E-state index < -0.39 is 6.36 Å². The fourth-order valence-corrected chi connectivity index (χ4v) is 2.30. The van der Waals surface area contributed by atoms with Gasteiger partial charge in [-0.2, -0.15) is 0 Å². The van der Waals surface area contributed by atoms with E-state index in [2.05, 4.69) is 15.0 Å². The first kappa shape index (κ1) is 15.1. The summed E-state index contributed by atoms with van der Waals surface area (Å²) in [5.74, 6) is -0.164. The van der Waals surface area contributed by atoms with Crippen molar-refractivity contribution in [3.8, 4) is 5.75 Å². The summed E-state index contributed by atoms with van der Waals surface area (Å²) < 4.78 is 39.9. The van der Waals surface area contributed by atoms with Gasteiger partial charge in [0.05, 0.1) is 0 Å². The van der Waals surface area contributed by atoms with Crippen molar-refractivity contribution in [2.24, 2.45) is 0 Å². The van der Waals surface area contributed by atoms with E-state index in [1.165, 1.54) is 12.1 Å². The zero-order valence-electron chi connectivity index (χ0n) is 11.2. The smallest absolute Gasteiger partial charge is 0.406 e. The Balaban J connectivity index is 1.73. The second-order valence-corrected chi connectivity index (χ2v) is 4.89. The molecule has 1 aliphatic heterocycles. The van der Waals surface area contributed by atoms with Crippen LogP contribution in [0.4, 0.5) is 13.2 Å². The van der Waals surface area contributed by atoms with Gasteiger partial charge in [-0.3, -0.25) is 0 Å². The van der Waals surface area contributed by atoms with Crippen molar-refractivity contribution in [2.45, 2.75) is 19.2 Å². The molecule has 0 aliphatic carbocycles. The highest BCUT2D eigenvalue weighted by Gasteiger charge is 2.30. The van der Waals surface area contributed by atoms with Crippen molar-refractivity contribution in [3.63, 3.8) is 0 Å². The minimum absolute atomic E-state index is 0.164. The van der Waals surface area contributed by atoms with Crippen LogP contribution >= 0.6 is 0 Å². The van der Waals surface area contributed by atoms with Crippen molar-refractivity contribution in [1.29, 1.82) is 0 Å². The number of nitrogens with one attached hydrogen (secondary N) is 1. The molecule has 3 nitrogen and oxygen atoms in total. The van der Waals surface area contributed by atoms with Crippen molar-refractivity contribution >= 4 is 0 Å². The van der Waals surface area contributed by atoms with E-state index >= 15 is 0 Å². The molecule has 0 spiro atoms. The number of alkyl halides is 3. The second-order valence-electron chi connectivity index (χ2n) is 4.89. The molecule has 112 valence electrons. The van der Waals surface area contributed by atoms with Gasteiger partial charge in [-0.25, -0.2) is 0 Å². The van der Waals surface area contributed by atoms with Crippen LogP contribution in [-0.4, -0.2) is 44.0 Å². The number of nitrogens with zero attached hydrogens (tertiary/aromatic N) is 1. The Kier molecular flexibility index (Phi) is 5.25. The minimum atomic E-state index is -4.62. The van der Waals surface area contributed by atoms with E-state index in [4.69, 9.17) is 0 Å². The number of ether oxygens (including phenoxy) is 1. The van der Waals surface area contributed by atoms with Crippen LogP contribution in [-0.2, 0) is 6.42 Å². The molecule has 2 rings (SSSR count). The molecule has 0 bridgehead atoms. The van der Waals surface area contributed by atoms with Crippen LogP contribution in [0.5, 0.6) is 5.75 Å². The fourth-order valence-electron chi connectivity index (χ4n) is 2.30. The van der Waals surface area contributed by atoms with Crippen molar-refractivity contribution in [1.82, 2.24) is 10.2 Å². The summed E-state index contributed by atoms with van der Waals surface area (Å²) in [6.07, 6.45) is -2.74. The third-order valence-corrected chi connectivity index (χ3v) is 3.31. The van der Waals surface area contributed by atoms with E-state index in [0.29, 0.717) is 0 Å². The molecule has 0 atom stereocenters. The highest BCUT2D eigenvalue weighted by atomic mass is 19.4. The molecular formula is C14H19F3N2O. The van der Waals surface area contributed by atoms with Gasteiger partial charge in [-0.15, -0.1) is 13.2 Å². The predicted molar refractivity (Wildman–Crippen MR) is 70.8 cm³/mol. The number of hydrogen-bond acceptors (Lipinski definition) is 3. The number of rotatable bonds is 5. The standard InChI is InChI=1S/C14H19F3N2O/c15-14(16,17)20-13-5-3-12(4-6-13)2-1-9-19-10-7-18-8-11-19/h3-6,18H,1-2,7-11H2. The van der Waals surface area contributed by atoms with Gasteiger partial charge in [-0.05, 0) is 37.1 Å². The maximum absolute atomic E-state index is 12.0. The molecule has 20 heavy (non-hydrogen) atoms. The molecule has 1 fully saturated rings. The molecule has 1 aromatic rings. The quantitative estimate of drug-likeness (QED) is 0.900. The number of piperazine rings is 1. The molecule has 0 aromatic heterocycles. The van der Waals surface area contributed by atoms with Gasteiger partial charge < -0.3 is 15.0 Å². The lowest BCUT2D eigenvalue weighted by molar-refractivity contribution is -0.274. The van der Waals surface area contributed by atoms with Crippen molar-refractivity contribution in [2.75, 3.05) is 32.7 Å². The summed E-state index contributed by atoms with van der Waals surface area (Å²) in [7, 11) is 0. The zero-order chi connectivity index (χ0) is 14.4. The summed E-state index contributed by atoms with van der Waals surface area (Å²) in [4.78, 5) is 2.40. The van der Waals surface area contributed by atoms with Gasteiger partial charge >= 0.3 is 6.36 Å². The third-order valence-electron chi connectivity index (χ3n) is 3.31. The molecule has 6 heteroatoms. The molecule has 1 aliphatic rings. The molecular weight excluding hydrogens is 269 g/mol. The van der Waals surface area contributed by atoms with Crippen LogP contribution in [0.1, 0.15) is 12.0 Å². The second kappa shape index (κ2) is 6.95. The Bertz CT molecular complexity index is 400. The SMILES string of the molecule is FC(F)(F)Oc1ccc(CCCN2CCNCC2)cc1. The van der Waals surface area contributed by atoms with Gasteiger partial charge in [0.2, 0.25) is 0 Å². The fraction of sp³-hybridized carbons (Fsp3) is 0.571. The normalized spacial score (nSPS) is 17.1. The Morgan fingerprint density at radius 3 is 2.35 bits per heavy atom. The summed E-state index contributed by atoms with van der Waals surface area (Å²) in [5.41, 5.74) is 1.04. The number of benzene rings is 1. The van der Waals surface area contributed by atoms with Crippen molar-refractivity contribution in [3.05, 3.63) is 29.8 Å². The molecule has 0 unspecified atom stereocenters. The average molecular weight is 288 g/mol. The van der Waals surface area contributed by atoms with Crippen LogP contribution in [0.15, 0.2) is 24.3 Å². The van der Waals surface area contributed by atoms with Gasteiger partial charge in [-0.1, -0.05) is 12.1 Å².